The van der Waals surface area contributed by atoms with Crippen LogP contribution in [-0.2, 0) is 32.6 Å². The molecule has 4 aromatic carbocycles. The topological polar surface area (TPSA) is 96.0 Å². The van der Waals surface area contributed by atoms with E-state index in [1.807, 2.05) is 67.6 Å². The van der Waals surface area contributed by atoms with Crippen molar-refractivity contribution in [3.63, 3.8) is 0 Å². The highest BCUT2D eigenvalue weighted by atomic mass is 35.5. The molecule has 0 fully saturated rings. The molecule has 0 heterocycles. The van der Waals surface area contributed by atoms with Gasteiger partial charge in [0.25, 0.3) is 10.0 Å². The number of carbonyl (C=O) groups is 2. The van der Waals surface area contributed by atoms with Crippen LogP contribution in [0.15, 0.2) is 114 Å². The number of benzene rings is 4. The average molecular weight is 648 g/mol. The number of nitrogens with one attached hydrogen (secondary N) is 1. The zero-order valence-corrected chi connectivity index (χ0v) is 27.0. The number of methoxy groups -OCH3 is 1. The van der Waals surface area contributed by atoms with Crippen LogP contribution in [0.25, 0.3) is 0 Å². The fraction of sp³-hybridized carbons (Fsp3) is 0.257. The van der Waals surface area contributed by atoms with Crippen LogP contribution in [0, 0.1) is 0 Å². The summed E-state index contributed by atoms with van der Waals surface area (Å²) < 4.78 is 34.9. The normalized spacial score (nSPS) is 11.8. The van der Waals surface area contributed by atoms with E-state index in [4.69, 9.17) is 16.3 Å². The number of hydrogen-bond acceptors (Lipinski definition) is 5. The van der Waals surface area contributed by atoms with Crippen LogP contribution >= 0.6 is 11.6 Å². The van der Waals surface area contributed by atoms with Gasteiger partial charge in [-0.2, -0.15) is 0 Å². The van der Waals surface area contributed by atoms with Crippen molar-refractivity contribution in [3.8, 4) is 5.75 Å². The van der Waals surface area contributed by atoms with Crippen LogP contribution < -0.4 is 14.4 Å². The maximum Gasteiger partial charge on any atom is 0.264 e. The lowest BCUT2D eigenvalue weighted by Crippen LogP contribution is -2.53. The molecule has 0 saturated carbocycles. The van der Waals surface area contributed by atoms with Crippen molar-refractivity contribution in [2.24, 2.45) is 0 Å². The van der Waals surface area contributed by atoms with E-state index in [9.17, 15) is 18.0 Å². The van der Waals surface area contributed by atoms with Crippen LogP contribution in [-0.4, -0.2) is 51.4 Å². The van der Waals surface area contributed by atoms with Crippen LogP contribution in [0.5, 0.6) is 5.75 Å². The summed E-state index contributed by atoms with van der Waals surface area (Å²) in [5, 5.41) is 3.26. The molecule has 1 N–H and O–H groups in total. The maximum atomic E-state index is 14.5. The van der Waals surface area contributed by atoms with Gasteiger partial charge in [0.2, 0.25) is 11.8 Å². The highest BCUT2D eigenvalue weighted by Crippen LogP contribution is 2.35. The predicted octanol–water partition coefficient (Wildman–Crippen LogP) is 6.10. The Kier molecular flexibility index (Phi) is 12.0. The molecule has 0 aliphatic heterocycles. The third-order valence-electron chi connectivity index (χ3n) is 7.32. The van der Waals surface area contributed by atoms with Crippen molar-refractivity contribution in [1.82, 2.24) is 10.2 Å². The second-order valence-corrected chi connectivity index (χ2v) is 12.8. The number of unbranched alkanes of at least 4 members (excludes halogenated alkanes) is 1. The lowest BCUT2D eigenvalue weighted by Gasteiger charge is -2.34. The number of sulfonamides is 1. The molecular weight excluding hydrogens is 610 g/mol. The molecule has 0 radical (unpaired) electrons. The fourth-order valence-electron chi connectivity index (χ4n) is 4.93. The summed E-state index contributed by atoms with van der Waals surface area (Å²) in [7, 11) is -2.86. The second-order valence-electron chi connectivity index (χ2n) is 10.5. The van der Waals surface area contributed by atoms with Gasteiger partial charge in [-0.25, -0.2) is 8.42 Å². The van der Waals surface area contributed by atoms with Crippen LogP contribution in [0.2, 0.25) is 5.02 Å². The lowest BCUT2D eigenvalue weighted by molar-refractivity contribution is -0.140. The molecule has 0 bridgehead atoms. The van der Waals surface area contributed by atoms with Crippen molar-refractivity contribution >= 4 is 39.1 Å². The van der Waals surface area contributed by atoms with Crippen LogP contribution in [0.4, 0.5) is 5.69 Å². The first kappa shape index (κ1) is 33.6. The third-order valence-corrected chi connectivity index (χ3v) is 9.33. The van der Waals surface area contributed by atoms with Gasteiger partial charge >= 0.3 is 0 Å². The van der Waals surface area contributed by atoms with E-state index < -0.39 is 28.5 Å². The smallest absolute Gasteiger partial charge is 0.264 e. The van der Waals surface area contributed by atoms with Crippen molar-refractivity contribution in [2.45, 2.75) is 43.7 Å². The van der Waals surface area contributed by atoms with Gasteiger partial charge in [-0.15, -0.1) is 0 Å². The zero-order chi connectivity index (χ0) is 32.2. The maximum absolute atomic E-state index is 14.5. The fourth-order valence-corrected chi connectivity index (χ4v) is 6.54. The summed E-state index contributed by atoms with van der Waals surface area (Å²) in [4.78, 5) is 29.8. The quantitative estimate of drug-likeness (QED) is 0.157. The molecule has 236 valence electrons. The minimum absolute atomic E-state index is 0.00687. The number of rotatable bonds is 15. The summed E-state index contributed by atoms with van der Waals surface area (Å²) >= 11 is 6.34. The zero-order valence-electron chi connectivity index (χ0n) is 25.4. The van der Waals surface area contributed by atoms with Gasteiger partial charge in [-0.05, 0) is 47.9 Å². The van der Waals surface area contributed by atoms with E-state index in [1.165, 1.54) is 30.2 Å². The third kappa shape index (κ3) is 8.86. The van der Waals surface area contributed by atoms with E-state index in [2.05, 4.69) is 5.32 Å². The molecule has 8 nitrogen and oxygen atoms in total. The van der Waals surface area contributed by atoms with Crippen LogP contribution in [0.3, 0.4) is 0 Å². The molecule has 0 unspecified atom stereocenters. The van der Waals surface area contributed by atoms with E-state index in [0.29, 0.717) is 6.54 Å². The highest BCUT2D eigenvalue weighted by Gasteiger charge is 2.35. The molecule has 0 aliphatic rings. The summed E-state index contributed by atoms with van der Waals surface area (Å²) in [5.41, 5.74) is 1.77. The molecule has 2 amide bonds. The van der Waals surface area contributed by atoms with Crippen molar-refractivity contribution < 1.29 is 22.7 Å². The molecule has 1 atom stereocenters. The molecule has 10 heteroatoms. The van der Waals surface area contributed by atoms with Crippen molar-refractivity contribution in [2.75, 3.05) is 24.5 Å². The molecule has 0 spiro atoms. The Bertz CT molecular complexity index is 1650. The Hall–Kier alpha value is -4.34. The molecule has 4 rings (SSSR count). The summed E-state index contributed by atoms with van der Waals surface area (Å²) in [6.07, 6.45) is 1.92. The summed E-state index contributed by atoms with van der Waals surface area (Å²) in [6.45, 7) is 1.98. The van der Waals surface area contributed by atoms with E-state index in [0.717, 1.165) is 28.3 Å². The molecule has 0 aromatic heterocycles. The standard InChI is InChI=1S/C35H38ClN3O5S/c1-3-4-22-37-35(41)32(23-27-14-8-5-9-15-27)38(25-28-16-10-6-11-17-28)34(40)26-39(31-24-29(36)20-21-33(31)44-2)45(42,43)30-18-12-7-13-19-30/h5-21,24,32H,3-4,22-23,25-26H2,1-2H3,(H,37,41)/t32-/m1/s1. The number of anilines is 1. The minimum Gasteiger partial charge on any atom is -0.495 e. The number of ether oxygens (including phenoxy) is 1. The van der Waals surface area contributed by atoms with E-state index in [1.54, 1.807) is 30.3 Å². The van der Waals surface area contributed by atoms with Gasteiger partial charge in [0.1, 0.15) is 18.3 Å². The summed E-state index contributed by atoms with van der Waals surface area (Å²) in [6, 6.07) is 30.3. The molecule has 0 saturated heterocycles. The van der Waals surface area contributed by atoms with Gasteiger partial charge in [0, 0.05) is 24.5 Å². The van der Waals surface area contributed by atoms with Gasteiger partial charge in [0.05, 0.1) is 17.7 Å². The van der Waals surface area contributed by atoms with E-state index >= 15 is 0 Å². The lowest BCUT2D eigenvalue weighted by atomic mass is 10.0. The molecular formula is C35H38ClN3O5S. The van der Waals surface area contributed by atoms with Gasteiger partial charge in [-0.3, -0.25) is 13.9 Å². The number of amides is 2. The van der Waals surface area contributed by atoms with Crippen molar-refractivity contribution in [1.29, 1.82) is 0 Å². The Morgan fingerprint density at radius 2 is 1.47 bits per heavy atom. The monoisotopic (exact) mass is 647 g/mol. The van der Waals surface area contributed by atoms with E-state index in [-0.39, 0.29) is 40.2 Å². The summed E-state index contributed by atoms with van der Waals surface area (Å²) in [5.74, 6) is -0.652. The first-order valence-corrected chi connectivity index (χ1v) is 16.6. The molecule has 4 aromatic rings. The van der Waals surface area contributed by atoms with Gasteiger partial charge in [0.15, 0.2) is 0 Å². The molecule has 45 heavy (non-hydrogen) atoms. The number of halogens is 1. The van der Waals surface area contributed by atoms with Gasteiger partial charge in [-0.1, -0.05) is 104 Å². The largest absolute Gasteiger partial charge is 0.495 e. The molecule has 0 aliphatic carbocycles. The van der Waals surface area contributed by atoms with Crippen LogP contribution in [0.1, 0.15) is 30.9 Å². The Morgan fingerprint density at radius 1 is 0.867 bits per heavy atom. The van der Waals surface area contributed by atoms with Gasteiger partial charge < -0.3 is 15.0 Å². The first-order valence-electron chi connectivity index (χ1n) is 14.8. The average Bonchev–Trinajstić information content (AvgIpc) is 3.06. The first-order chi connectivity index (χ1) is 21.7. The minimum atomic E-state index is -4.28. The SMILES string of the molecule is CCCCNC(=O)[C@@H](Cc1ccccc1)N(Cc1ccccc1)C(=O)CN(c1cc(Cl)ccc1OC)S(=O)(=O)c1ccccc1. The second kappa shape index (κ2) is 16.1. The van der Waals surface area contributed by atoms with Crippen molar-refractivity contribution in [3.05, 3.63) is 125 Å². The Morgan fingerprint density at radius 3 is 2.07 bits per heavy atom. The Balaban J connectivity index is 1.81. The number of hydrogen-bond donors (Lipinski definition) is 1. The highest BCUT2D eigenvalue weighted by molar-refractivity contribution is 7.92. The number of carbonyl (C=O) groups excluding carboxylic acids is 2. The predicted molar refractivity (Wildman–Crippen MR) is 178 cm³/mol. The Labute approximate surface area is 270 Å². The number of nitrogens with zero attached hydrogens (tertiary/aromatic N) is 2.